The molecule has 0 aromatic heterocycles. The van der Waals surface area contributed by atoms with E-state index in [0.29, 0.717) is 49.0 Å². The van der Waals surface area contributed by atoms with Crippen LogP contribution in [-0.2, 0) is 5.41 Å². The van der Waals surface area contributed by atoms with Crippen LogP contribution in [0.15, 0.2) is 146 Å². The van der Waals surface area contributed by atoms with Crippen molar-refractivity contribution in [1.82, 2.24) is 0 Å². The number of benzene rings is 6. The highest BCUT2D eigenvalue weighted by Gasteiger charge is 2.72. The van der Waals surface area contributed by atoms with Crippen LogP contribution in [0.1, 0.15) is 195 Å². The van der Waals surface area contributed by atoms with Crippen LogP contribution in [0, 0.1) is 0 Å². The lowest BCUT2D eigenvalue weighted by molar-refractivity contribution is -0.288. The van der Waals surface area contributed by atoms with Crippen LogP contribution in [-0.4, -0.2) is 49.4 Å². The van der Waals surface area contributed by atoms with Gasteiger partial charge in [0, 0.05) is 0 Å². The molecule has 0 N–H and O–H groups in total. The number of halogens is 6. The molecule has 0 bridgehead atoms. The number of rotatable bonds is 34. The summed E-state index contributed by atoms with van der Waals surface area (Å²) in [6.45, 7) is 5.55. The van der Waals surface area contributed by atoms with Gasteiger partial charge in [-0.3, -0.25) is 0 Å². The highest BCUT2D eigenvalue weighted by Crippen LogP contribution is 2.56. The van der Waals surface area contributed by atoms with Crippen LogP contribution < -0.4 is 28.4 Å². The van der Waals surface area contributed by atoms with E-state index in [4.69, 9.17) is 28.4 Å². The van der Waals surface area contributed by atoms with E-state index in [1.807, 2.05) is 0 Å². The van der Waals surface area contributed by atoms with Crippen molar-refractivity contribution in [2.24, 2.45) is 0 Å². The van der Waals surface area contributed by atoms with Crippen molar-refractivity contribution in [3.63, 3.8) is 0 Å². The second kappa shape index (κ2) is 32.9. The van der Waals surface area contributed by atoms with E-state index in [1.165, 1.54) is 151 Å². The molecule has 83 heavy (non-hydrogen) atoms. The molecule has 0 aliphatic heterocycles. The summed E-state index contributed by atoms with van der Waals surface area (Å²) >= 11 is 0. The summed E-state index contributed by atoms with van der Waals surface area (Å²) < 4.78 is 123. The number of alkyl halides is 6. The first kappa shape index (κ1) is 64.5. The topological polar surface area (TPSA) is 124 Å². The van der Waals surface area contributed by atoms with Gasteiger partial charge in [0.05, 0.1) is 35.5 Å². The van der Waals surface area contributed by atoms with Gasteiger partial charge in [0.2, 0.25) is 5.41 Å². The van der Waals surface area contributed by atoms with Crippen molar-refractivity contribution in [3.8, 4) is 34.5 Å². The molecule has 0 fully saturated rings. The van der Waals surface area contributed by atoms with Crippen LogP contribution in [0.2, 0.25) is 0 Å². The van der Waals surface area contributed by atoms with Crippen molar-refractivity contribution in [2.75, 3.05) is 13.2 Å². The molecule has 0 heterocycles. The Morgan fingerprint density at radius 2 is 0.494 bits per heavy atom. The van der Waals surface area contributed by atoms with Gasteiger partial charge >= 0.3 is 36.2 Å². The molecule has 0 aliphatic carbocycles. The molecule has 0 spiro atoms. The van der Waals surface area contributed by atoms with Crippen LogP contribution in [0.3, 0.4) is 0 Å². The van der Waals surface area contributed by atoms with Gasteiger partial charge in [0.1, 0.15) is 34.5 Å². The maximum absolute atomic E-state index is 15.0. The Hall–Kier alpha value is -7.62. The highest BCUT2D eigenvalue weighted by molar-refractivity contribution is 5.94. The molecule has 0 radical (unpaired) electrons. The monoisotopic (exact) mass is 1150 g/mol. The number of carbonyl (C=O) groups is 4. The summed E-state index contributed by atoms with van der Waals surface area (Å²) in [7, 11) is 0. The summed E-state index contributed by atoms with van der Waals surface area (Å²) in [5, 5.41) is 0. The van der Waals surface area contributed by atoms with Gasteiger partial charge in [-0.2, -0.15) is 26.3 Å². The first-order chi connectivity index (χ1) is 40.0. The number of hydrogen-bond donors (Lipinski definition) is 0. The third kappa shape index (κ3) is 19.8. The molecule has 16 heteroatoms. The smallest absolute Gasteiger partial charge is 0.411 e. The molecule has 10 nitrogen and oxygen atoms in total. The maximum atomic E-state index is 15.0. The molecule has 0 saturated heterocycles. The minimum absolute atomic E-state index is 0.0609. The van der Waals surface area contributed by atoms with Gasteiger partial charge in [-0.15, -0.1) is 0 Å². The molecule has 0 amide bonds. The molecule has 0 saturated carbocycles. The molecule has 6 aromatic rings. The molecule has 0 atom stereocenters. The molecule has 0 aliphatic rings. The van der Waals surface area contributed by atoms with E-state index < -0.39 is 52.8 Å². The zero-order chi connectivity index (χ0) is 59.5. The van der Waals surface area contributed by atoms with Crippen molar-refractivity contribution < 1.29 is 73.9 Å². The fraction of sp³-hybridized carbons (Fsp3) is 0.403. The van der Waals surface area contributed by atoms with E-state index in [2.05, 4.69) is 13.8 Å². The van der Waals surface area contributed by atoms with Crippen LogP contribution in [0.5, 0.6) is 34.5 Å². The summed E-state index contributed by atoms with van der Waals surface area (Å²) in [6, 6.07) is 28.8. The third-order valence-corrected chi connectivity index (χ3v) is 14.2. The Kier molecular flexibility index (Phi) is 25.6. The quantitative estimate of drug-likeness (QED) is 0.0167. The summed E-state index contributed by atoms with van der Waals surface area (Å²) in [5.41, 5.74) is -6.66. The molecule has 444 valence electrons. The number of esters is 4. The lowest BCUT2D eigenvalue weighted by Crippen LogP contribution is -2.54. The van der Waals surface area contributed by atoms with E-state index in [9.17, 15) is 19.2 Å². The fourth-order valence-corrected chi connectivity index (χ4v) is 9.44. The van der Waals surface area contributed by atoms with Crippen LogP contribution in [0.25, 0.3) is 0 Å². The SMILES string of the molecule is CCCCCCCCCCCCOc1ccc(C(=O)Oc2ccc(C(=O)Oc3ccc(C(c4ccc(OC(=O)c5ccc(OC(=O)c6ccc(OCCCCCCCCCCCC)cc6)cc5)cc4)(C(F)(F)F)C(F)(F)F)cc3)cc2)cc1. The minimum Gasteiger partial charge on any atom is -0.494 e. The van der Waals surface area contributed by atoms with Crippen molar-refractivity contribution in [3.05, 3.63) is 179 Å². The fourth-order valence-electron chi connectivity index (χ4n) is 9.44. The number of unbranched alkanes of at least 4 members (excludes halogenated alkanes) is 18. The zero-order valence-corrected chi connectivity index (χ0v) is 47.3. The Balaban J connectivity index is 0.965. The van der Waals surface area contributed by atoms with E-state index >= 15 is 26.3 Å². The third-order valence-electron chi connectivity index (χ3n) is 14.2. The average molecular weight is 1150 g/mol. The molecular formula is C67H74F6O10. The Morgan fingerprint density at radius 3 is 0.723 bits per heavy atom. The van der Waals surface area contributed by atoms with Gasteiger partial charge in [-0.05, 0) is 145 Å². The molecule has 6 rings (SSSR count). The van der Waals surface area contributed by atoms with Crippen molar-refractivity contribution in [1.29, 1.82) is 0 Å². The summed E-state index contributed by atoms with van der Waals surface area (Å²) in [4.78, 5) is 51.8. The normalized spacial score (nSPS) is 11.7. The van der Waals surface area contributed by atoms with Crippen molar-refractivity contribution in [2.45, 2.75) is 160 Å². The van der Waals surface area contributed by atoms with Gasteiger partial charge in [-0.25, -0.2) is 19.2 Å². The molecular weight excluding hydrogens is 1080 g/mol. The van der Waals surface area contributed by atoms with Gasteiger partial charge < -0.3 is 28.4 Å². The van der Waals surface area contributed by atoms with Gasteiger partial charge in [0.15, 0.2) is 0 Å². The lowest BCUT2D eigenvalue weighted by Gasteiger charge is -2.38. The van der Waals surface area contributed by atoms with Crippen molar-refractivity contribution >= 4 is 23.9 Å². The van der Waals surface area contributed by atoms with Gasteiger partial charge in [0.25, 0.3) is 0 Å². The average Bonchev–Trinajstić information content (AvgIpc) is 1.97. The first-order valence-corrected chi connectivity index (χ1v) is 28.9. The van der Waals surface area contributed by atoms with E-state index in [-0.39, 0.29) is 45.3 Å². The summed E-state index contributed by atoms with van der Waals surface area (Å²) in [6.07, 6.45) is 12.3. The number of ether oxygens (including phenoxy) is 6. The number of carbonyl (C=O) groups excluding carboxylic acids is 4. The Morgan fingerprint density at radius 1 is 0.289 bits per heavy atom. The lowest BCUT2D eigenvalue weighted by atomic mass is 9.73. The standard InChI is InChI=1S/C67H74F6O10/c1-3-5-7-9-11-13-15-17-19-21-47-78-55-35-23-49(24-36-55)61(74)80-57-39-27-51(28-40-57)63(76)82-59-43-31-53(32-44-59)65(66(68,69)70,67(71,72)73)54-33-45-60(46-34-54)83-64(77)52-29-41-58(42-30-52)81-62(75)50-25-37-56(38-26-50)79-48-22-20-18-16-14-12-10-8-6-4-2/h23-46H,3-22,47-48H2,1-2H3. The molecule has 6 aromatic carbocycles. The van der Waals surface area contributed by atoms with E-state index in [0.717, 1.165) is 49.9 Å². The second-order valence-corrected chi connectivity index (χ2v) is 20.5. The van der Waals surface area contributed by atoms with Gasteiger partial charge in [-0.1, -0.05) is 154 Å². The summed E-state index contributed by atoms with van der Waals surface area (Å²) in [5.74, 6) is -2.65. The Labute approximate surface area is 482 Å². The second-order valence-electron chi connectivity index (χ2n) is 20.5. The highest BCUT2D eigenvalue weighted by atomic mass is 19.4. The first-order valence-electron chi connectivity index (χ1n) is 28.9. The predicted octanol–water partition coefficient (Wildman–Crippen LogP) is 18.6. The molecule has 0 unspecified atom stereocenters. The predicted molar refractivity (Wildman–Crippen MR) is 306 cm³/mol. The minimum atomic E-state index is -5.95. The zero-order valence-electron chi connectivity index (χ0n) is 47.3. The maximum Gasteiger partial charge on any atom is 0.411 e. The largest absolute Gasteiger partial charge is 0.494 e. The van der Waals surface area contributed by atoms with Crippen LogP contribution >= 0.6 is 0 Å². The Bertz CT molecular complexity index is 2700. The van der Waals surface area contributed by atoms with Crippen LogP contribution in [0.4, 0.5) is 26.3 Å². The number of hydrogen-bond acceptors (Lipinski definition) is 10. The van der Waals surface area contributed by atoms with E-state index in [1.54, 1.807) is 48.5 Å².